The van der Waals surface area contributed by atoms with Gasteiger partial charge in [0.05, 0.1) is 33.5 Å². The molecule has 2 aliphatic heterocycles. The molecular weight excluding hydrogens is 775 g/mol. The van der Waals surface area contributed by atoms with Gasteiger partial charge in [-0.25, -0.2) is 9.59 Å². The zero-order valence-electron chi connectivity index (χ0n) is 31.2. The average molecular weight is 833 g/mol. The summed E-state index contributed by atoms with van der Waals surface area (Å²) >= 11 is 2.08. The van der Waals surface area contributed by atoms with E-state index in [9.17, 15) is 14.4 Å². The second kappa shape index (κ2) is 15.7. The molecule has 16 heteroatoms. The van der Waals surface area contributed by atoms with Gasteiger partial charge in [0.15, 0.2) is 22.9 Å². The first kappa shape index (κ1) is 41.5. The van der Waals surface area contributed by atoms with Crippen molar-refractivity contribution in [3.05, 3.63) is 42.5 Å². The number of carbonyl (C=O) groups excluding carboxylic acids is 1. The lowest BCUT2D eigenvalue weighted by molar-refractivity contribution is -0.0198. The van der Waals surface area contributed by atoms with Gasteiger partial charge < -0.3 is 29.8 Å². The largest absolute Gasteiger partial charge is 0.411 e. The fourth-order valence-corrected chi connectivity index (χ4v) is 8.42. The Morgan fingerprint density at radius 3 is 1.57 bits per heavy atom. The first-order chi connectivity index (χ1) is 22.5. The molecule has 2 aliphatic rings. The van der Waals surface area contributed by atoms with E-state index in [-0.39, 0.29) is 63.6 Å². The van der Waals surface area contributed by atoms with Crippen LogP contribution >= 0.6 is 22.6 Å². The molecule has 0 spiro atoms. The second-order valence-electron chi connectivity index (χ2n) is 15.9. The van der Waals surface area contributed by atoms with Crippen LogP contribution in [0.4, 0.5) is 11.6 Å². The van der Waals surface area contributed by atoms with Gasteiger partial charge in [0.25, 0.3) is 0 Å². The SMILES string of the molecule is CC[C@H]1O[C@@H](n2cc(C=O)c(N)nc2=O)C[C@H]1O[Si](C)(C)C(C)(C)C.CC[C@H]1O[C@@H](n2cc(I)c(N)nc2=O)C[C@H]1O[Si](C)(C)C(C)(C)C. The van der Waals surface area contributed by atoms with Crippen LogP contribution in [0.1, 0.15) is 104 Å². The molecule has 6 atom stereocenters. The van der Waals surface area contributed by atoms with Crippen LogP contribution in [-0.2, 0) is 18.3 Å². The quantitative estimate of drug-likeness (QED) is 0.166. The Hall–Kier alpha value is -1.97. The number of hydrogen-bond acceptors (Lipinski definition) is 11. The van der Waals surface area contributed by atoms with Crippen molar-refractivity contribution in [2.24, 2.45) is 0 Å². The maximum atomic E-state index is 12.2. The summed E-state index contributed by atoms with van der Waals surface area (Å²) in [5, 5.41) is 0.228. The van der Waals surface area contributed by atoms with E-state index in [0.29, 0.717) is 19.1 Å². The van der Waals surface area contributed by atoms with Gasteiger partial charge in [-0.3, -0.25) is 13.9 Å². The van der Waals surface area contributed by atoms with Crippen molar-refractivity contribution >= 4 is 57.1 Å². The minimum atomic E-state index is -1.96. The highest BCUT2D eigenvalue weighted by atomic mass is 127. The first-order valence-electron chi connectivity index (χ1n) is 17.0. The molecule has 2 saturated heterocycles. The van der Waals surface area contributed by atoms with Crippen LogP contribution in [0.3, 0.4) is 0 Å². The summed E-state index contributed by atoms with van der Waals surface area (Å²) < 4.78 is 28.9. The summed E-state index contributed by atoms with van der Waals surface area (Å²) in [7, 11) is -3.85. The topological polar surface area (TPSA) is 176 Å². The van der Waals surface area contributed by atoms with Crippen LogP contribution in [0.15, 0.2) is 22.0 Å². The van der Waals surface area contributed by atoms with Crippen LogP contribution in [0.25, 0.3) is 0 Å². The number of halogens is 1. The van der Waals surface area contributed by atoms with Gasteiger partial charge in [-0.2, -0.15) is 9.97 Å². The number of aldehydes is 1. The Labute approximate surface area is 306 Å². The van der Waals surface area contributed by atoms with E-state index in [1.165, 1.54) is 15.3 Å². The fourth-order valence-electron chi connectivity index (χ4n) is 5.28. The molecule has 276 valence electrons. The molecule has 2 aromatic rings. The zero-order chi connectivity index (χ0) is 37.3. The van der Waals surface area contributed by atoms with Crippen molar-refractivity contribution < 1.29 is 23.1 Å². The number of carbonyl (C=O) groups is 1. The van der Waals surface area contributed by atoms with Gasteiger partial charge in [-0.05, 0) is 71.7 Å². The smallest absolute Gasteiger partial charge is 0.351 e. The Morgan fingerprint density at radius 2 is 1.20 bits per heavy atom. The molecule has 0 aliphatic carbocycles. The molecule has 0 saturated carbocycles. The number of ether oxygens (including phenoxy) is 2. The maximum absolute atomic E-state index is 12.2. The Kier molecular flexibility index (Phi) is 13.3. The molecule has 4 heterocycles. The molecule has 4 rings (SSSR count). The number of nitrogen functional groups attached to an aromatic ring is 2. The Morgan fingerprint density at radius 1 is 0.816 bits per heavy atom. The van der Waals surface area contributed by atoms with Crippen molar-refractivity contribution in [3.63, 3.8) is 0 Å². The third-order valence-electron chi connectivity index (χ3n) is 10.4. The summed E-state index contributed by atoms with van der Waals surface area (Å²) in [4.78, 5) is 43.1. The van der Waals surface area contributed by atoms with E-state index in [1.54, 1.807) is 6.20 Å². The summed E-state index contributed by atoms with van der Waals surface area (Å²) in [6, 6.07) is 0. The molecule has 49 heavy (non-hydrogen) atoms. The van der Waals surface area contributed by atoms with Crippen LogP contribution in [-0.4, -0.2) is 66.4 Å². The van der Waals surface area contributed by atoms with Crippen LogP contribution in [0.5, 0.6) is 0 Å². The van der Waals surface area contributed by atoms with E-state index in [4.69, 9.17) is 29.8 Å². The van der Waals surface area contributed by atoms with Crippen molar-refractivity contribution in [1.82, 2.24) is 19.1 Å². The summed E-state index contributed by atoms with van der Waals surface area (Å²) in [6.07, 6.45) is 5.55. The molecule has 2 fully saturated rings. The third kappa shape index (κ3) is 9.68. The van der Waals surface area contributed by atoms with Gasteiger partial charge in [0, 0.05) is 25.2 Å². The Bertz CT molecular complexity index is 1590. The summed E-state index contributed by atoms with van der Waals surface area (Å²) in [6.45, 7) is 26.3. The minimum absolute atomic E-state index is 0.00278. The number of nitrogens with two attached hydrogens (primary N) is 2. The normalized spacial score (nSPS) is 24.8. The predicted octanol–water partition coefficient (Wildman–Crippen LogP) is 6.24. The van der Waals surface area contributed by atoms with Gasteiger partial charge >= 0.3 is 11.4 Å². The van der Waals surface area contributed by atoms with Gasteiger partial charge in [0.1, 0.15) is 24.1 Å². The highest BCUT2D eigenvalue weighted by molar-refractivity contribution is 14.1. The lowest BCUT2D eigenvalue weighted by atomic mass is 10.1. The molecule has 4 N–H and O–H groups in total. The summed E-state index contributed by atoms with van der Waals surface area (Å²) in [5.74, 6) is 0.200. The maximum Gasteiger partial charge on any atom is 0.351 e. The lowest BCUT2D eigenvalue weighted by Crippen LogP contribution is -2.45. The van der Waals surface area contributed by atoms with Crippen molar-refractivity contribution in [1.29, 1.82) is 0 Å². The number of nitrogens with zero attached hydrogens (tertiary/aromatic N) is 4. The van der Waals surface area contributed by atoms with Crippen LogP contribution < -0.4 is 22.8 Å². The van der Waals surface area contributed by atoms with Crippen molar-refractivity contribution in [2.75, 3.05) is 11.5 Å². The van der Waals surface area contributed by atoms with E-state index < -0.39 is 28.6 Å². The standard InChI is InChI=1S/C17H29N3O4Si.C16H28IN3O3Si/c1-7-12-13(24-25(5,6)17(2,3)4)8-14(23-12)20-9-11(10-21)15(18)19-16(20)22;1-7-11-12(23-24(5,6)16(2,3)4)8-13(22-11)20-9-10(17)14(18)19-15(20)21/h9-10,12-14H,7-8H2,1-6H3,(H2,18,19,22);9,11-13H,7-8H2,1-6H3,(H2,18,19,21)/t12-,13-,14-;11-,12-,13-/m11/s1. The zero-order valence-corrected chi connectivity index (χ0v) is 35.4. The van der Waals surface area contributed by atoms with Crippen molar-refractivity contribution in [3.8, 4) is 0 Å². The van der Waals surface area contributed by atoms with Gasteiger partial charge in [-0.15, -0.1) is 0 Å². The van der Waals surface area contributed by atoms with E-state index in [1.807, 2.05) is 6.92 Å². The lowest BCUT2D eigenvalue weighted by Gasteiger charge is -2.39. The number of aromatic nitrogens is 4. The minimum Gasteiger partial charge on any atom is -0.411 e. The van der Waals surface area contributed by atoms with Crippen LogP contribution in [0.2, 0.25) is 36.3 Å². The molecule has 0 bridgehead atoms. The van der Waals surface area contributed by atoms with Crippen LogP contribution in [0, 0.1) is 3.57 Å². The van der Waals surface area contributed by atoms with E-state index in [2.05, 4.69) is 107 Å². The highest BCUT2D eigenvalue weighted by Crippen LogP contribution is 2.43. The molecular formula is C33H57IN6O7Si2. The van der Waals surface area contributed by atoms with E-state index >= 15 is 0 Å². The second-order valence-corrected chi connectivity index (χ2v) is 26.6. The number of rotatable bonds is 9. The molecule has 0 radical (unpaired) electrons. The van der Waals surface area contributed by atoms with E-state index in [0.717, 1.165) is 16.4 Å². The van der Waals surface area contributed by atoms with Gasteiger partial charge in [-0.1, -0.05) is 55.4 Å². The fraction of sp³-hybridized carbons (Fsp3) is 0.727. The molecule has 0 amide bonds. The predicted molar refractivity (Wildman–Crippen MR) is 206 cm³/mol. The number of anilines is 2. The van der Waals surface area contributed by atoms with Gasteiger partial charge in [0.2, 0.25) is 0 Å². The average Bonchev–Trinajstić information content (AvgIpc) is 3.56. The molecule has 0 unspecified atom stereocenters. The first-order valence-corrected chi connectivity index (χ1v) is 23.9. The summed E-state index contributed by atoms with van der Waals surface area (Å²) in [5.41, 5.74) is 10.6. The third-order valence-corrected chi connectivity index (χ3v) is 20.2. The molecule has 0 aromatic carbocycles. The highest BCUT2D eigenvalue weighted by Gasteiger charge is 2.46. The number of hydrogen-bond donors (Lipinski definition) is 2. The molecule has 2 aromatic heterocycles. The Balaban J connectivity index is 0.000000266. The molecule has 13 nitrogen and oxygen atoms in total. The monoisotopic (exact) mass is 832 g/mol. The van der Waals surface area contributed by atoms with Crippen molar-refractivity contribution in [2.45, 2.75) is 154 Å².